The van der Waals surface area contributed by atoms with Crippen molar-refractivity contribution in [1.29, 1.82) is 0 Å². The lowest BCUT2D eigenvalue weighted by atomic mass is 10.0. The average molecular weight is 536 g/mol. The molecule has 1 amide bonds. The van der Waals surface area contributed by atoms with E-state index in [0.717, 1.165) is 23.6 Å². The smallest absolute Gasteiger partial charge is 0.227 e. The maximum absolute atomic E-state index is 13.6. The Morgan fingerprint density at radius 1 is 1.05 bits per heavy atom. The molecule has 2 unspecified atom stereocenters. The molecule has 0 bridgehead atoms. The molecule has 4 aromatic rings. The quantitative estimate of drug-likeness (QED) is 0.283. The number of rotatable bonds is 12. The molecule has 39 heavy (non-hydrogen) atoms. The van der Waals surface area contributed by atoms with Crippen molar-refractivity contribution < 1.29 is 23.2 Å². The molecule has 0 saturated heterocycles. The fourth-order valence-electron chi connectivity index (χ4n) is 4.25. The minimum Gasteiger partial charge on any atom is -0.390 e. The van der Waals surface area contributed by atoms with Crippen molar-refractivity contribution in [2.45, 2.75) is 51.3 Å². The van der Waals surface area contributed by atoms with E-state index in [1.807, 2.05) is 37.3 Å². The molecule has 0 aliphatic heterocycles. The van der Waals surface area contributed by atoms with Crippen molar-refractivity contribution in [2.24, 2.45) is 5.73 Å². The van der Waals surface area contributed by atoms with E-state index < -0.39 is 23.8 Å². The van der Waals surface area contributed by atoms with Crippen LogP contribution in [0.1, 0.15) is 35.9 Å². The lowest BCUT2D eigenvalue weighted by molar-refractivity contribution is -0.133. The number of carbonyl (C=O) groups excluding carboxylic acids is 1. The third-order valence-electron chi connectivity index (χ3n) is 6.34. The Hall–Kier alpha value is -4.02. The third kappa shape index (κ3) is 7.98. The molecule has 2 aromatic carbocycles. The zero-order chi connectivity index (χ0) is 27.8. The van der Waals surface area contributed by atoms with Gasteiger partial charge < -0.3 is 20.3 Å². The Morgan fingerprint density at radius 2 is 1.82 bits per heavy atom. The highest BCUT2D eigenvalue weighted by Crippen LogP contribution is 2.16. The zero-order valence-corrected chi connectivity index (χ0v) is 21.6. The molecule has 4 rings (SSSR count). The normalized spacial score (nSPS) is 12.7. The van der Waals surface area contributed by atoms with Gasteiger partial charge in [0.2, 0.25) is 17.6 Å². The number of nitrogens with zero attached hydrogens (tertiary/aromatic N) is 4. The van der Waals surface area contributed by atoms with Gasteiger partial charge >= 0.3 is 0 Å². The van der Waals surface area contributed by atoms with Crippen LogP contribution in [-0.2, 0) is 30.6 Å². The summed E-state index contributed by atoms with van der Waals surface area (Å²) >= 11 is 0. The highest BCUT2D eigenvalue weighted by Gasteiger charge is 2.24. The molecular weight excluding hydrogens is 504 g/mol. The molecule has 2 atom stereocenters. The molecule has 204 valence electrons. The Kier molecular flexibility index (Phi) is 9.45. The Balaban J connectivity index is 1.44. The van der Waals surface area contributed by atoms with Crippen LogP contribution in [0.4, 0.5) is 8.78 Å². The van der Waals surface area contributed by atoms with E-state index in [0.29, 0.717) is 23.0 Å². The topological polar surface area (TPSA) is 118 Å². The summed E-state index contributed by atoms with van der Waals surface area (Å²) in [7, 11) is 0. The van der Waals surface area contributed by atoms with Gasteiger partial charge in [0.1, 0.15) is 17.3 Å². The number of pyridine rings is 1. The molecule has 0 fully saturated rings. The highest BCUT2D eigenvalue weighted by atomic mass is 19.1. The second kappa shape index (κ2) is 13.2. The molecule has 0 aliphatic carbocycles. The number of benzene rings is 2. The van der Waals surface area contributed by atoms with Crippen LogP contribution >= 0.6 is 0 Å². The number of hydrogen-bond acceptors (Lipinski definition) is 7. The average Bonchev–Trinajstić information content (AvgIpc) is 3.40. The highest BCUT2D eigenvalue weighted by molar-refractivity contribution is 5.76. The van der Waals surface area contributed by atoms with E-state index in [1.54, 1.807) is 18.3 Å². The largest absolute Gasteiger partial charge is 0.390 e. The third-order valence-corrected chi connectivity index (χ3v) is 6.34. The summed E-state index contributed by atoms with van der Waals surface area (Å²) in [4.78, 5) is 23.4. The molecule has 0 radical (unpaired) electrons. The maximum Gasteiger partial charge on any atom is 0.227 e. The molecule has 8 nitrogen and oxygen atoms in total. The van der Waals surface area contributed by atoms with Gasteiger partial charge in [-0.2, -0.15) is 4.98 Å². The van der Waals surface area contributed by atoms with Crippen LogP contribution in [0.25, 0.3) is 11.5 Å². The molecule has 0 saturated carbocycles. The van der Waals surface area contributed by atoms with Crippen LogP contribution < -0.4 is 5.73 Å². The van der Waals surface area contributed by atoms with Crippen molar-refractivity contribution >= 4 is 5.91 Å². The molecule has 0 spiro atoms. The van der Waals surface area contributed by atoms with Gasteiger partial charge in [0.15, 0.2) is 0 Å². The van der Waals surface area contributed by atoms with Crippen LogP contribution in [0.15, 0.2) is 71.4 Å². The van der Waals surface area contributed by atoms with Crippen LogP contribution in [0.2, 0.25) is 0 Å². The van der Waals surface area contributed by atoms with Gasteiger partial charge in [-0.25, -0.2) is 8.78 Å². The first-order valence-electron chi connectivity index (χ1n) is 12.8. The van der Waals surface area contributed by atoms with Gasteiger partial charge in [0, 0.05) is 44.2 Å². The molecule has 0 aliphatic rings. The maximum atomic E-state index is 13.6. The number of carbonyl (C=O) groups is 1. The van der Waals surface area contributed by atoms with E-state index in [9.17, 15) is 18.7 Å². The van der Waals surface area contributed by atoms with Gasteiger partial charge in [0.05, 0.1) is 6.10 Å². The summed E-state index contributed by atoms with van der Waals surface area (Å²) < 4.78 is 32.5. The van der Waals surface area contributed by atoms with Crippen LogP contribution in [0, 0.1) is 11.6 Å². The minimum absolute atomic E-state index is 0.0431. The van der Waals surface area contributed by atoms with Gasteiger partial charge in [-0.05, 0) is 53.8 Å². The molecule has 2 heterocycles. The predicted molar refractivity (Wildman–Crippen MR) is 141 cm³/mol. The summed E-state index contributed by atoms with van der Waals surface area (Å²) in [6.45, 7) is 2.24. The Labute approximate surface area is 225 Å². The molecular formula is C29H31F2N5O3. The first kappa shape index (κ1) is 28.0. The minimum atomic E-state index is -1.13. The second-order valence-electron chi connectivity index (χ2n) is 9.39. The summed E-state index contributed by atoms with van der Waals surface area (Å²) in [5, 5.41) is 14.8. The number of hydrogen-bond donors (Lipinski definition) is 2. The Morgan fingerprint density at radius 3 is 2.54 bits per heavy atom. The summed E-state index contributed by atoms with van der Waals surface area (Å²) in [5.74, 6) is -1.04. The Bertz CT molecular complexity index is 1360. The zero-order valence-electron chi connectivity index (χ0n) is 21.6. The SMILES string of the molecule is CCc1cccc(CN(CC(O)C(N)Cc2cc(F)cc(F)c2)C(=O)CCc2nc(-c3ccccn3)no2)c1. The number of nitrogens with two attached hydrogens (primary N) is 1. The van der Waals surface area contributed by atoms with E-state index in [1.165, 1.54) is 17.0 Å². The molecule has 3 N–H and O–H groups in total. The molecule has 2 aromatic heterocycles. The van der Waals surface area contributed by atoms with Crippen LogP contribution in [-0.4, -0.2) is 49.7 Å². The van der Waals surface area contributed by atoms with Gasteiger partial charge in [-0.15, -0.1) is 0 Å². The first-order valence-corrected chi connectivity index (χ1v) is 12.8. The van der Waals surface area contributed by atoms with Crippen LogP contribution in [0.3, 0.4) is 0 Å². The predicted octanol–water partition coefficient (Wildman–Crippen LogP) is 3.86. The van der Waals surface area contributed by atoms with Crippen molar-refractivity contribution in [3.63, 3.8) is 0 Å². The lowest BCUT2D eigenvalue weighted by Crippen LogP contribution is -2.46. The van der Waals surface area contributed by atoms with Crippen molar-refractivity contribution in [3.8, 4) is 11.5 Å². The van der Waals surface area contributed by atoms with Gasteiger partial charge in [-0.3, -0.25) is 9.78 Å². The monoisotopic (exact) mass is 535 g/mol. The molecule has 10 heteroatoms. The number of aryl methyl sites for hydroxylation is 2. The number of amides is 1. The van der Waals surface area contributed by atoms with Crippen molar-refractivity contribution in [1.82, 2.24) is 20.0 Å². The van der Waals surface area contributed by atoms with E-state index in [2.05, 4.69) is 15.1 Å². The van der Waals surface area contributed by atoms with Crippen molar-refractivity contribution in [3.05, 3.63) is 101 Å². The van der Waals surface area contributed by atoms with E-state index in [4.69, 9.17) is 10.3 Å². The summed E-state index contributed by atoms with van der Waals surface area (Å²) in [5.41, 5.74) is 9.11. The standard InChI is InChI=1S/C29H31F2N5O3/c1-2-19-6-5-7-20(12-19)17-36(18-26(37)24(32)15-21-13-22(30)16-23(31)14-21)28(38)10-9-27-34-29(35-39-27)25-8-3-4-11-33-25/h3-8,11-14,16,24,26,37H,2,9-10,15,17-18,32H2,1H3. The first-order chi connectivity index (χ1) is 18.8. The van der Waals surface area contributed by atoms with Crippen LogP contribution in [0.5, 0.6) is 0 Å². The number of halogens is 2. The van der Waals surface area contributed by atoms with Gasteiger partial charge in [0.25, 0.3) is 0 Å². The van der Waals surface area contributed by atoms with Gasteiger partial charge in [-0.1, -0.05) is 42.4 Å². The number of aliphatic hydroxyl groups is 1. The summed E-state index contributed by atoms with van der Waals surface area (Å²) in [6, 6.07) is 15.5. The van der Waals surface area contributed by atoms with E-state index in [-0.39, 0.29) is 38.3 Å². The second-order valence-corrected chi connectivity index (χ2v) is 9.39. The summed E-state index contributed by atoms with van der Waals surface area (Å²) in [6.07, 6.45) is 1.65. The fraction of sp³-hybridized carbons (Fsp3) is 0.310. The fourth-order valence-corrected chi connectivity index (χ4v) is 4.25. The lowest BCUT2D eigenvalue weighted by Gasteiger charge is -2.28. The van der Waals surface area contributed by atoms with Crippen molar-refractivity contribution in [2.75, 3.05) is 6.54 Å². The number of aliphatic hydroxyl groups excluding tert-OH is 1. The number of aromatic nitrogens is 3. The van der Waals surface area contributed by atoms with E-state index >= 15 is 0 Å².